The summed E-state index contributed by atoms with van der Waals surface area (Å²) < 4.78 is 40.1. The lowest BCUT2D eigenvalue weighted by Gasteiger charge is -2.21. The third-order valence-corrected chi connectivity index (χ3v) is 3.37. The molecule has 8 heteroatoms. The lowest BCUT2D eigenvalue weighted by atomic mass is 10.1. The summed E-state index contributed by atoms with van der Waals surface area (Å²) in [6.07, 6.45) is -1.54. The topological polar surface area (TPSA) is 72.9 Å². The molecule has 0 aliphatic heterocycles. The fraction of sp³-hybridized carbons (Fsp3) is 0.333. The van der Waals surface area contributed by atoms with Crippen molar-refractivity contribution in [3.05, 3.63) is 47.8 Å². The quantitative estimate of drug-likeness (QED) is 0.884. The summed E-state index contributed by atoms with van der Waals surface area (Å²) in [6.45, 7) is 1.59. The minimum Gasteiger partial charge on any atom is -0.340 e. The lowest BCUT2D eigenvalue weighted by molar-refractivity contribution is -0.154. The SMILES string of the molecule is Cc1cc(C(=O)NC(CCN)C(F)(F)F)ccc1-n1cccn1. The number of aryl methyl sites for hydroxylation is 1. The van der Waals surface area contributed by atoms with Crippen LogP contribution in [0.2, 0.25) is 0 Å². The van der Waals surface area contributed by atoms with Gasteiger partial charge in [0.1, 0.15) is 6.04 Å². The number of nitrogens with zero attached hydrogens (tertiary/aromatic N) is 2. The number of carbonyl (C=O) groups excluding carboxylic acids is 1. The Labute approximate surface area is 131 Å². The third-order valence-electron chi connectivity index (χ3n) is 3.37. The first-order valence-electron chi connectivity index (χ1n) is 7.01. The van der Waals surface area contributed by atoms with Gasteiger partial charge in [-0.3, -0.25) is 4.79 Å². The van der Waals surface area contributed by atoms with E-state index in [0.29, 0.717) is 0 Å². The van der Waals surface area contributed by atoms with Crippen molar-refractivity contribution in [2.75, 3.05) is 6.54 Å². The van der Waals surface area contributed by atoms with Crippen molar-refractivity contribution >= 4 is 5.91 Å². The normalized spacial score (nSPS) is 12.9. The van der Waals surface area contributed by atoms with Crippen molar-refractivity contribution in [3.63, 3.8) is 0 Å². The predicted octanol–water partition coefficient (Wildman–Crippen LogP) is 2.19. The number of alkyl halides is 3. The first kappa shape index (κ1) is 17.0. The average molecular weight is 326 g/mol. The van der Waals surface area contributed by atoms with E-state index in [9.17, 15) is 18.0 Å². The molecule has 1 aromatic carbocycles. The molecular weight excluding hydrogens is 309 g/mol. The summed E-state index contributed by atoms with van der Waals surface area (Å²) in [6, 6.07) is 4.44. The van der Waals surface area contributed by atoms with Crippen LogP contribution in [0.5, 0.6) is 0 Å². The second-order valence-electron chi connectivity index (χ2n) is 5.10. The number of benzene rings is 1. The summed E-state index contributed by atoms with van der Waals surface area (Å²) >= 11 is 0. The second-order valence-corrected chi connectivity index (χ2v) is 5.10. The third kappa shape index (κ3) is 4.10. The van der Waals surface area contributed by atoms with E-state index in [2.05, 4.69) is 5.10 Å². The highest BCUT2D eigenvalue weighted by Gasteiger charge is 2.40. The van der Waals surface area contributed by atoms with Gasteiger partial charge >= 0.3 is 6.18 Å². The van der Waals surface area contributed by atoms with E-state index in [0.717, 1.165) is 11.3 Å². The van der Waals surface area contributed by atoms with E-state index >= 15 is 0 Å². The van der Waals surface area contributed by atoms with Gasteiger partial charge in [0.05, 0.1) is 5.69 Å². The van der Waals surface area contributed by atoms with Crippen LogP contribution >= 0.6 is 0 Å². The van der Waals surface area contributed by atoms with Gasteiger partial charge in [0, 0.05) is 18.0 Å². The molecule has 0 aliphatic rings. The predicted molar refractivity (Wildman–Crippen MR) is 79.3 cm³/mol. The Morgan fingerprint density at radius 1 is 1.43 bits per heavy atom. The second kappa shape index (κ2) is 6.82. The largest absolute Gasteiger partial charge is 0.408 e. The molecular formula is C15H17F3N4O. The van der Waals surface area contributed by atoms with Gasteiger partial charge in [-0.2, -0.15) is 18.3 Å². The van der Waals surface area contributed by atoms with Gasteiger partial charge in [-0.05, 0) is 49.7 Å². The number of nitrogens with two attached hydrogens (primary N) is 1. The van der Waals surface area contributed by atoms with Gasteiger partial charge in [0.2, 0.25) is 0 Å². The van der Waals surface area contributed by atoms with Crippen molar-refractivity contribution in [2.45, 2.75) is 25.6 Å². The Morgan fingerprint density at radius 3 is 2.70 bits per heavy atom. The number of halogens is 3. The van der Waals surface area contributed by atoms with Gasteiger partial charge in [-0.25, -0.2) is 4.68 Å². The number of hydrogen-bond acceptors (Lipinski definition) is 3. The molecule has 0 fully saturated rings. The van der Waals surface area contributed by atoms with Crippen LogP contribution in [0.4, 0.5) is 13.2 Å². The van der Waals surface area contributed by atoms with Crippen LogP contribution < -0.4 is 11.1 Å². The molecule has 0 saturated heterocycles. The minimum absolute atomic E-state index is 0.157. The molecule has 23 heavy (non-hydrogen) atoms. The Kier molecular flexibility index (Phi) is 5.05. The molecule has 1 aromatic heterocycles. The van der Waals surface area contributed by atoms with Crippen LogP contribution in [0, 0.1) is 6.92 Å². The summed E-state index contributed by atoms with van der Waals surface area (Å²) in [4.78, 5) is 12.1. The number of rotatable bonds is 5. The zero-order valence-corrected chi connectivity index (χ0v) is 12.5. The highest BCUT2D eigenvalue weighted by molar-refractivity contribution is 5.94. The molecule has 0 spiro atoms. The van der Waals surface area contributed by atoms with E-state index in [4.69, 9.17) is 5.73 Å². The first-order valence-corrected chi connectivity index (χ1v) is 7.01. The van der Waals surface area contributed by atoms with Gasteiger partial charge in [0.25, 0.3) is 5.91 Å². The Morgan fingerprint density at radius 2 is 2.17 bits per heavy atom. The van der Waals surface area contributed by atoms with E-state index in [1.807, 2.05) is 5.32 Å². The number of carbonyl (C=O) groups is 1. The van der Waals surface area contributed by atoms with Gasteiger partial charge in [-0.15, -0.1) is 0 Å². The summed E-state index contributed by atoms with van der Waals surface area (Å²) in [5.74, 6) is -0.782. The fourth-order valence-corrected chi connectivity index (χ4v) is 2.19. The smallest absolute Gasteiger partial charge is 0.340 e. The van der Waals surface area contributed by atoms with E-state index in [-0.39, 0.29) is 18.5 Å². The molecule has 3 N–H and O–H groups in total. The number of aromatic nitrogens is 2. The number of nitrogens with one attached hydrogen (secondary N) is 1. The van der Waals surface area contributed by atoms with E-state index < -0.39 is 18.1 Å². The molecule has 1 heterocycles. The lowest BCUT2D eigenvalue weighted by Crippen LogP contribution is -2.46. The monoisotopic (exact) mass is 326 g/mol. The van der Waals surface area contributed by atoms with Crippen molar-refractivity contribution in [3.8, 4) is 5.69 Å². The van der Waals surface area contributed by atoms with E-state index in [1.165, 1.54) is 12.1 Å². The molecule has 2 aromatic rings. The van der Waals surface area contributed by atoms with Crippen LogP contribution in [0.15, 0.2) is 36.7 Å². The molecule has 124 valence electrons. The molecule has 0 bridgehead atoms. The maximum atomic E-state index is 12.8. The van der Waals surface area contributed by atoms with Crippen LogP contribution in [0.25, 0.3) is 5.69 Å². The van der Waals surface area contributed by atoms with Crippen molar-refractivity contribution in [1.29, 1.82) is 0 Å². The fourth-order valence-electron chi connectivity index (χ4n) is 2.19. The van der Waals surface area contributed by atoms with Crippen LogP contribution in [-0.4, -0.2) is 34.5 Å². The van der Waals surface area contributed by atoms with Crippen molar-refractivity contribution < 1.29 is 18.0 Å². The molecule has 1 amide bonds. The van der Waals surface area contributed by atoms with Crippen LogP contribution in [0.3, 0.4) is 0 Å². The zero-order valence-electron chi connectivity index (χ0n) is 12.5. The molecule has 0 radical (unpaired) electrons. The Hall–Kier alpha value is -2.35. The Balaban J connectivity index is 2.18. The highest BCUT2D eigenvalue weighted by atomic mass is 19.4. The number of hydrogen-bond donors (Lipinski definition) is 2. The molecule has 1 atom stereocenters. The molecule has 0 saturated carbocycles. The molecule has 0 aliphatic carbocycles. The molecule has 2 rings (SSSR count). The minimum atomic E-state index is -4.53. The Bertz CT molecular complexity index is 668. The first-order chi connectivity index (χ1) is 10.8. The van der Waals surface area contributed by atoms with Gasteiger partial charge in [-0.1, -0.05) is 0 Å². The van der Waals surface area contributed by atoms with Crippen molar-refractivity contribution in [1.82, 2.24) is 15.1 Å². The summed E-state index contributed by atoms with van der Waals surface area (Å²) in [5.41, 5.74) is 6.81. The summed E-state index contributed by atoms with van der Waals surface area (Å²) in [7, 11) is 0. The van der Waals surface area contributed by atoms with Crippen LogP contribution in [0.1, 0.15) is 22.3 Å². The van der Waals surface area contributed by atoms with Gasteiger partial charge in [0.15, 0.2) is 0 Å². The maximum Gasteiger partial charge on any atom is 0.408 e. The van der Waals surface area contributed by atoms with E-state index in [1.54, 1.807) is 36.1 Å². The standard InChI is InChI=1S/C15H17F3N4O/c1-10-9-11(3-4-12(10)22-8-2-7-20-22)14(23)21-13(5-6-19)15(16,17)18/h2-4,7-9,13H,5-6,19H2,1H3,(H,21,23). The van der Waals surface area contributed by atoms with Crippen molar-refractivity contribution in [2.24, 2.45) is 5.73 Å². The molecule has 5 nitrogen and oxygen atoms in total. The van der Waals surface area contributed by atoms with Crippen LogP contribution in [-0.2, 0) is 0 Å². The average Bonchev–Trinajstić information content (AvgIpc) is 2.99. The zero-order chi connectivity index (χ0) is 17.0. The highest BCUT2D eigenvalue weighted by Crippen LogP contribution is 2.23. The van der Waals surface area contributed by atoms with Gasteiger partial charge < -0.3 is 11.1 Å². The molecule has 1 unspecified atom stereocenters. The number of amides is 1. The summed E-state index contributed by atoms with van der Waals surface area (Å²) in [5, 5.41) is 6.07. The maximum absolute atomic E-state index is 12.8.